The number of allylic oxidation sites excluding steroid dienone is 1. The summed E-state index contributed by atoms with van der Waals surface area (Å²) in [6.45, 7) is 26.1. The molecule has 0 fully saturated rings. The van der Waals surface area contributed by atoms with Gasteiger partial charge in [-0.05, 0) is 78.0 Å². The Kier molecular flexibility index (Phi) is 10.4. The van der Waals surface area contributed by atoms with Gasteiger partial charge >= 0.3 is 26.2 Å². The number of hydrogen-bond donors (Lipinski definition) is 0. The molecule has 0 nitrogen and oxygen atoms in total. The molecule has 2 aliphatic rings. The van der Waals surface area contributed by atoms with Crippen LogP contribution in [0.3, 0.4) is 0 Å². The van der Waals surface area contributed by atoms with E-state index in [-0.39, 0.29) is 62.4 Å². The van der Waals surface area contributed by atoms with E-state index >= 15 is 0 Å². The van der Waals surface area contributed by atoms with Gasteiger partial charge in [0.05, 0.1) is 8.07 Å². The minimum atomic E-state index is -1.99. The van der Waals surface area contributed by atoms with Crippen molar-refractivity contribution < 1.29 is 51.0 Å². The van der Waals surface area contributed by atoms with Gasteiger partial charge < -0.3 is 24.8 Å². The molecule has 0 saturated carbocycles. The zero-order chi connectivity index (χ0) is 31.5. The third-order valence-electron chi connectivity index (χ3n) is 10.6. The van der Waals surface area contributed by atoms with Crippen LogP contribution in [0.25, 0.3) is 39.1 Å². The molecule has 0 aromatic heterocycles. The molecule has 1 atom stereocenters. The first kappa shape index (κ1) is 37.7. The molecule has 1 radical (unpaired) electrons. The van der Waals surface area contributed by atoms with Gasteiger partial charge in [-0.2, -0.15) is 0 Å². The van der Waals surface area contributed by atoms with Crippen LogP contribution in [0.2, 0.25) is 13.1 Å². The summed E-state index contributed by atoms with van der Waals surface area (Å²) < 4.78 is 0. The van der Waals surface area contributed by atoms with E-state index in [1.807, 2.05) is 0 Å². The summed E-state index contributed by atoms with van der Waals surface area (Å²) in [6, 6.07) is 26.5. The van der Waals surface area contributed by atoms with Crippen molar-refractivity contribution in [3.63, 3.8) is 0 Å². The molecule has 47 heavy (non-hydrogen) atoms. The molecule has 0 amide bonds. The van der Waals surface area contributed by atoms with Gasteiger partial charge in [0, 0.05) is 5.92 Å². The van der Waals surface area contributed by atoms with Gasteiger partial charge in [0.25, 0.3) is 0 Å². The van der Waals surface area contributed by atoms with Crippen LogP contribution >= 0.6 is 0 Å². The van der Waals surface area contributed by atoms with E-state index in [4.69, 9.17) is 0 Å². The molecule has 1 unspecified atom stereocenters. The maximum Gasteiger partial charge on any atom is 3.00 e. The van der Waals surface area contributed by atoms with Crippen molar-refractivity contribution in [2.24, 2.45) is 0 Å². The van der Waals surface area contributed by atoms with Crippen LogP contribution in [0.5, 0.6) is 0 Å². The molecule has 0 spiro atoms. The van der Waals surface area contributed by atoms with Gasteiger partial charge in [0.15, 0.2) is 0 Å². The quantitative estimate of drug-likeness (QED) is 0.181. The van der Waals surface area contributed by atoms with Gasteiger partial charge in [-0.1, -0.05) is 141 Å². The summed E-state index contributed by atoms with van der Waals surface area (Å²) in [5.41, 5.74) is 18.7. The fraction of sp³-hybridized carbons (Fsp3) is 0.326. The predicted molar refractivity (Wildman–Crippen MR) is 196 cm³/mol. The normalized spacial score (nSPS) is 15.7. The molecule has 241 valence electrons. The van der Waals surface area contributed by atoms with E-state index in [1.54, 1.807) is 26.9 Å². The molecule has 5 aromatic carbocycles. The Morgan fingerprint density at radius 2 is 1.38 bits per heavy atom. The van der Waals surface area contributed by atoms with E-state index in [9.17, 15) is 0 Å². The molecule has 1 aliphatic carbocycles. The van der Waals surface area contributed by atoms with Gasteiger partial charge in [-0.25, -0.2) is 0 Å². The van der Waals surface area contributed by atoms with E-state index in [1.165, 1.54) is 66.6 Å². The number of hydrogen-bond acceptors (Lipinski definition) is 0. The van der Waals surface area contributed by atoms with Gasteiger partial charge in [0.2, 0.25) is 0 Å². The molecule has 7 rings (SSSR count). The second kappa shape index (κ2) is 13.0. The first-order valence-corrected chi connectivity index (χ1v) is 19.5. The Morgan fingerprint density at radius 1 is 0.745 bits per heavy atom. The second-order valence-electron chi connectivity index (χ2n) is 15.7. The van der Waals surface area contributed by atoms with E-state index in [0.29, 0.717) is 5.92 Å². The summed E-state index contributed by atoms with van der Waals surface area (Å²) in [5.74, 6) is 0.809. The smallest absolute Gasteiger partial charge is 1.00 e. The fourth-order valence-corrected chi connectivity index (χ4v) is 12.6. The van der Waals surface area contributed by atoms with Crippen LogP contribution in [0.4, 0.5) is 0 Å². The first-order valence-electron chi connectivity index (χ1n) is 16.5. The van der Waals surface area contributed by atoms with Crippen molar-refractivity contribution >= 4 is 35.3 Å². The van der Waals surface area contributed by atoms with Crippen LogP contribution < -0.4 is 35.2 Å². The Labute approximate surface area is 315 Å². The van der Waals surface area contributed by atoms with Crippen LogP contribution in [-0.2, 0) is 31.6 Å². The van der Waals surface area contributed by atoms with Crippen molar-refractivity contribution in [1.82, 2.24) is 0 Å². The third kappa shape index (κ3) is 5.84. The molecule has 1 heterocycles. The molecule has 5 aromatic rings. The SMILES string of the molecule is CC1=Cc2c(-c3cc(C)ccc3C)cc(C)cc2C1c1cc2[cH-]c(C(C)C)c3c2c(-c2ccc(C(C)(C)C)cc2)c1[Si]3(C)C.[Cl-].[Cl-].[Zr+3]. The van der Waals surface area contributed by atoms with Crippen molar-refractivity contribution in [3.05, 3.63) is 117 Å². The van der Waals surface area contributed by atoms with Crippen molar-refractivity contribution in [1.29, 1.82) is 0 Å². The predicted octanol–water partition coefficient (Wildman–Crippen LogP) is 4.93. The Bertz CT molecular complexity index is 2030. The van der Waals surface area contributed by atoms with Crippen LogP contribution in [0.1, 0.15) is 97.9 Å². The first-order chi connectivity index (χ1) is 20.7. The summed E-state index contributed by atoms with van der Waals surface area (Å²) in [7, 11) is -1.99. The van der Waals surface area contributed by atoms with E-state index < -0.39 is 8.07 Å². The average Bonchev–Trinajstić information content (AvgIpc) is 3.55. The number of halogens is 2. The number of fused-ring (bicyclic) bond motifs is 2. The second-order valence-corrected chi connectivity index (χ2v) is 20.0. The zero-order valence-electron chi connectivity index (χ0n) is 29.8. The van der Waals surface area contributed by atoms with Crippen LogP contribution in [-0.4, -0.2) is 8.07 Å². The fourth-order valence-electron chi connectivity index (χ4n) is 8.52. The van der Waals surface area contributed by atoms with Gasteiger partial charge in [0.1, 0.15) is 0 Å². The monoisotopic (exact) mass is 751 g/mol. The Balaban J connectivity index is 0.00000167. The number of benzene rings is 4. The maximum atomic E-state index is 2.62. The molecule has 1 aliphatic heterocycles. The zero-order valence-corrected chi connectivity index (χ0v) is 34.8. The maximum absolute atomic E-state index is 2.62. The van der Waals surface area contributed by atoms with Crippen molar-refractivity contribution in [3.8, 4) is 22.3 Å². The Hall–Kier alpha value is -2.09. The standard InChI is InChI=1S/C43H47Si.2ClH.Zr/c1-24(2)32-22-30-23-37(42-39(40(30)41(32)44(42,10)11)29-14-16-31(17-15-29)43(7,8)9)38-28(6)21-35-34(19-26(4)20-36(35)38)33-18-25(3)12-13-27(33)5;;;/h12-24,38H,1-11H3;2*1H;/q-1;;;+3/p-2. The average molecular weight is 754 g/mol. The van der Waals surface area contributed by atoms with Crippen molar-refractivity contribution in [2.45, 2.75) is 92.7 Å². The van der Waals surface area contributed by atoms with Crippen LogP contribution in [0, 0.1) is 20.8 Å². The number of rotatable bonds is 4. The molecular formula is C43H47Cl2SiZr. The van der Waals surface area contributed by atoms with E-state index in [2.05, 4.69) is 148 Å². The molecule has 2 bridgehead atoms. The summed E-state index contributed by atoms with van der Waals surface area (Å²) >= 11 is 0. The van der Waals surface area contributed by atoms with E-state index in [0.717, 1.165) is 0 Å². The molecular weight excluding hydrogens is 707 g/mol. The molecule has 0 N–H and O–H groups in total. The summed E-state index contributed by atoms with van der Waals surface area (Å²) in [5, 5.41) is 6.35. The summed E-state index contributed by atoms with van der Waals surface area (Å²) in [6.07, 6.45) is 2.50. The van der Waals surface area contributed by atoms with Gasteiger partial charge in [-0.15, -0.1) is 33.7 Å². The van der Waals surface area contributed by atoms with Crippen molar-refractivity contribution in [2.75, 3.05) is 0 Å². The number of aryl methyl sites for hydroxylation is 3. The topological polar surface area (TPSA) is 0 Å². The summed E-state index contributed by atoms with van der Waals surface area (Å²) in [4.78, 5) is 0. The minimum absolute atomic E-state index is 0. The van der Waals surface area contributed by atoms with Crippen LogP contribution in [0.15, 0.2) is 72.3 Å². The largest absolute Gasteiger partial charge is 3.00 e. The third-order valence-corrected chi connectivity index (χ3v) is 14.2. The molecule has 4 heteroatoms. The molecule has 0 saturated heterocycles. The van der Waals surface area contributed by atoms with Gasteiger partial charge in [-0.3, -0.25) is 0 Å². The Morgan fingerprint density at radius 3 is 2.00 bits per heavy atom. The minimum Gasteiger partial charge on any atom is -1.00 e.